The Morgan fingerprint density at radius 1 is 0.882 bits per heavy atom. The molecule has 0 spiro atoms. The lowest BCUT2D eigenvalue weighted by Gasteiger charge is -2.22. The van der Waals surface area contributed by atoms with Crippen molar-refractivity contribution in [2.24, 2.45) is 5.73 Å². The summed E-state index contributed by atoms with van der Waals surface area (Å²) in [6.07, 6.45) is 0. The second kappa shape index (κ2) is 5.15. The van der Waals surface area contributed by atoms with E-state index in [-0.39, 0.29) is 6.04 Å². The molecule has 0 saturated carbocycles. The van der Waals surface area contributed by atoms with E-state index in [9.17, 15) is 0 Å². The average Bonchev–Trinajstić information content (AvgIpc) is 2.39. The van der Waals surface area contributed by atoms with Crippen LogP contribution in [-0.2, 0) is 0 Å². The van der Waals surface area contributed by atoms with Crippen molar-refractivity contribution in [2.75, 3.05) is 0 Å². The first-order chi connectivity index (χ1) is 8.20. The summed E-state index contributed by atoms with van der Waals surface area (Å²) in [7, 11) is 0. The largest absolute Gasteiger partial charge is 0.323 e. The summed E-state index contributed by atoms with van der Waals surface area (Å²) in [4.78, 5) is 0. The second-order valence-electron chi connectivity index (χ2n) is 4.58. The summed E-state index contributed by atoms with van der Waals surface area (Å²) in [5.74, 6) is 0.331. The monoisotopic (exact) mass is 225 g/mol. The number of benzene rings is 2. The van der Waals surface area contributed by atoms with Gasteiger partial charge in [0, 0.05) is 12.0 Å². The first-order valence-electron chi connectivity index (χ1n) is 6.06. The molecule has 0 radical (unpaired) electrons. The molecule has 2 unspecified atom stereocenters. The van der Waals surface area contributed by atoms with E-state index in [2.05, 4.69) is 62.4 Å². The zero-order valence-corrected chi connectivity index (χ0v) is 10.4. The van der Waals surface area contributed by atoms with E-state index in [1.165, 1.54) is 16.7 Å². The van der Waals surface area contributed by atoms with Crippen molar-refractivity contribution in [1.82, 2.24) is 0 Å². The highest BCUT2D eigenvalue weighted by Gasteiger charge is 2.17. The highest BCUT2D eigenvalue weighted by molar-refractivity contribution is 5.32. The standard InChI is InChI=1S/C16H19N/c1-12-8-6-7-11-15(12)16(17)13(2)14-9-4-3-5-10-14/h3-11,13,16H,17H2,1-2H3. The fourth-order valence-electron chi connectivity index (χ4n) is 2.19. The van der Waals surface area contributed by atoms with Crippen LogP contribution in [0.4, 0.5) is 0 Å². The van der Waals surface area contributed by atoms with Crippen LogP contribution in [0.25, 0.3) is 0 Å². The Hall–Kier alpha value is -1.60. The molecule has 0 amide bonds. The summed E-state index contributed by atoms with van der Waals surface area (Å²) in [6.45, 7) is 4.30. The smallest absolute Gasteiger partial charge is 0.0364 e. The number of rotatable bonds is 3. The fraction of sp³-hybridized carbons (Fsp3) is 0.250. The highest BCUT2D eigenvalue weighted by atomic mass is 14.6. The first-order valence-corrected chi connectivity index (χ1v) is 6.06. The van der Waals surface area contributed by atoms with Gasteiger partial charge in [0.05, 0.1) is 0 Å². The topological polar surface area (TPSA) is 26.0 Å². The third kappa shape index (κ3) is 2.56. The average molecular weight is 225 g/mol. The Morgan fingerprint density at radius 3 is 2.12 bits per heavy atom. The molecule has 2 atom stereocenters. The number of nitrogens with two attached hydrogens (primary N) is 1. The maximum atomic E-state index is 6.37. The van der Waals surface area contributed by atoms with Gasteiger partial charge in [-0.1, -0.05) is 61.5 Å². The lowest BCUT2D eigenvalue weighted by Crippen LogP contribution is -2.18. The third-order valence-electron chi connectivity index (χ3n) is 3.41. The van der Waals surface area contributed by atoms with Crippen LogP contribution >= 0.6 is 0 Å². The van der Waals surface area contributed by atoms with Crippen molar-refractivity contribution in [1.29, 1.82) is 0 Å². The normalized spacial score (nSPS) is 14.3. The van der Waals surface area contributed by atoms with E-state index in [0.29, 0.717) is 5.92 Å². The Bertz CT molecular complexity index is 476. The van der Waals surface area contributed by atoms with Gasteiger partial charge < -0.3 is 5.73 Å². The highest BCUT2D eigenvalue weighted by Crippen LogP contribution is 2.29. The number of hydrogen-bond donors (Lipinski definition) is 1. The molecule has 2 aromatic carbocycles. The lowest BCUT2D eigenvalue weighted by atomic mass is 9.87. The van der Waals surface area contributed by atoms with Gasteiger partial charge in [-0.15, -0.1) is 0 Å². The van der Waals surface area contributed by atoms with E-state index in [0.717, 1.165) is 0 Å². The minimum Gasteiger partial charge on any atom is -0.323 e. The zero-order chi connectivity index (χ0) is 12.3. The Kier molecular flexibility index (Phi) is 3.60. The van der Waals surface area contributed by atoms with E-state index >= 15 is 0 Å². The molecule has 0 aliphatic carbocycles. The minimum atomic E-state index is 0.0543. The molecule has 2 rings (SSSR count). The van der Waals surface area contributed by atoms with Gasteiger partial charge in [-0.25, -0.2) is 0 Å². The zero-order valence-electron chi connectivity index (χ0n) is 10.4. The van der Waals surface area contributed by atoms with Crippen molar-refractivity contribution < 1.29 is 0 Å². The van der Waals surface area contributed by atoms with Crippen LogP contribution in [-0.4, -0.2) is 0 Å². The van der Waals surface area contributed by atoms with Gasteiger partial charge in [0.15, 0.2) is 0 Å². The molecule has 0 aromatic heterocycles. The van der Waals surface area contributed by atoms with Gasteiger partial charge in [-0.3, -0.25) is 0 Å². The Morgan fingerprint density at radius 2 is 1.47 bits per heavy atom. The molecule has 17 heavy (non-hydrogen) atoms. The minimum absolute atomic E-state index is 0.0543. The molecule has 2 aromatic rings. The molecule has 0 aliphatic rings. The van der Waals surface area contributed by atoms with Crippen LogP contribution in [0.5, 0.6) is 0 Å². The predicted octanol–water partition coefficient (Wildman–Crippen LogP) is 3.80. The SMILES string of the molecule is Cc1ccccc1C(N)C(C)c1ccccc1. The fourth-order valence-corrected chi connectivity index (χ4v) is 2.19. The summed E-state index contributed by atoms with van der Waals surface area (Å²) in [6, 6.07) is 18.9. The molecule has 0 heterocycles. The van der Waals surface area contributed by atoms with Gasteiger partial charge in [-0.05, 0) is 23.6 Å². The van der Waals surface area contributed by atoms with Crippen LogP contribution in [0.1, 0.15) is 35.6 Å². The van der Waals surface area contributed by atoms with Crippen molar-refractivity contribution >= 4 is 0 Å². The predicted molar refractivity (Wildman–Crippen MR) is 73.0 cm³/mol. The van der Waals surface area contributed by atoms with Crippen LogP contribution in [0.15, 0.2) is 54.6 Å². The maximum Gasteiger partial charge on any atom is 0.0364 e. The lowest BCUT2D eigenvalue weighted by molar-refractivity contribution is 0.595. The van der Waals surface area contributed by atoms with Gasteiger partial charge in [0.2, 0.25) is 0 Å². The number of hydrogen-bond acceptors (Lipinski definition) is 1. The molecule has 1 nitrogen and oxygen atoms in total. The van der Waals surface area contributed by atoms with Gasteiger partial charge in [-0.2, -0.15) is 0 Å². The molecule has 0 aliphatic heterocycles. The van der Waals surface area contributed by atoms with Crippen LogP contribution in [0, 0.1) is 6.92 Å². The van der Waals surface area contributed by atoms with Crippen molar-refractivity contribution in [3.05, 3.63) is 71.3 Å². The Labute approximate surface area is 103 Å². The van der Waals surface area contributed by atoms with Crippen LogP contribution in [0.2, 0.25) is 0 Å². The summed E-state index contributed by atoms with van der Waals surface area (Å²) >= 11 is 0. The molecular formula is C16H19N. The van der Waals surface area contributed by atoms with E-state index < -0.39 is 0 Å². The van der Waals surface area contributed by atoms with E-state index in [1.54, 1.807) is 0 Å². The molecule has 1 heteroatoms. The summed E-state index contributed by atoms with van der Waals surface area (Å²) < 4.78 is 0. The second-order valence-corrected chi connectivity index (χ2v) is 4.58. The molecule has 2 N–H and O–H groups in total. The maximum absolute atomic E-state index is 6.37. The molecular weight excluding hydrogens is 206 g/mol. The van der Waals surface area contributed by atoms with Crippen molar-refractivity contribution in [3.8, 4) is 0 Å². The van der Waals surface area contributed by atoms with Gasteiger partial charge >= 0.3 is 0 Å². The quantitative estimate of drug-likeness (QED) is 0.844. The van der Waals surface area contributed by atoms with E-state index in [4.69, 9.17) is 5.73 Å². The molecule has 0 fully saturated rings. The van der Waals surface area contributed by atoms with Crippen molar-refractivity contribution in [3.63, 3.8) is 0 Å². The van der Waals surface area contributed by atoms with Gasteiger partial charge in [0.1, 0.15) is 0 Å². The molecule has 0 bridgehead atoms. The summed E-state index contributed by atoms with van der Waals surface area (Å²) in [5.41, 5.74) is 10.2. The summed E-state index contributed by atoms with van der Waals surface area (Å²) in [5, 5.41) is 0. The molecule has 0 saturated heterocycles. The first kappa shape index (κ1) is 11.9. The van der Waals surface area contributed by atoms with E-state index in [1.807, 2.05) is 6.07 Å². The van der Waals surface area contributed by atoms with Crippen LogP contribution in [0.3, 0.4) is 0 Å². The van der Waals surface area contributed by atoms with Gasteiger partial charge in [0.25, 0.3) is 0 Å². The molecule has 88 valence electrons. The number of aryl methyl sites for hydroxylation is 1. The third-order valence-corrected chi connectivity index (χ3v) is 3.41. The Balaban J connectivity index is 2.27. The van der Waals surface area contributed by atoms with Crippen molar-refractivity contribution in [2.45, 2.75) is 25.8 Å². The van der Waals surface area contributed by atoms with Crippen LogP contribution < -0.4 is 5.73 Å².